The van der Waals surface area contributed by atoms with Gasteiger partial charge in [0, 0.05) is 11.9 Å². The molecule has 0 bridgehead atoms. The van der Waals surface area contributed by atoms with Gasteiger partial charge >= 0.3 is 6.61 Å². The molecule has 7 heteroatoms. The smallest absolute Gasteiger partial charge is 0.387 e. The van der Waals surface area contributed by atoms with E-state index >= 15 is 0 Å². The van der Waals surface area contributed by atoms with Crippen molar-refractivity contribution in [1.82, 2.24) is 10.2 Å². The van der Waals surface area contributed by atoms with Crippen molar-refractivity contribution in [1.29, 1.82) is 0 Å². The summed E-state index contributed by atoms with van der Waals surface area (Å²) in [4.78, 5) is 0. The number of H-pyrrole nitrogens is 1. The first-order valence-corrected chi connectivity index (χ1v) is 5.49. The molecule has 0 spiro atoms. The van der Waals surface area contributed by atoms with Gasteiger partial charge in [0.25, 0.3) is 0 Å². The van der Waals surface area contributed by atoms with E-state index in [1.165, 1.54) is 12.1 Å². The summed E-state index contributed by atoms with van der Waals surface area (Å²) in [6, 6.07) is 6.35. The lowest BCUT2D eigenvalue weighted by Crippen LogP contribution is -2.03. The van der Waals surface area contributed by atoms with Gasteiger partial charge in [0.15, 0.2) is 0 Å². The molecule has 18 heavy (non-hydrogen) atoms. The van der Waals surface area contributed by atoms with E-state index in [0.29, 0.717) is 12.2 Å². The number of anilines is 1. The van der Waals surface area contributed by atoms with Gasteiger partial charge in [0.05, 0.1) is 17.3 Å². The monoisotopic (exact) mass is 273 g/mol. The summed E-state index contributed by atoms with van der Waals surface area (Å²) in [7, 11) is 0. The van der Waals surface area contributed by atoms with Gasteiger partial charge in [0.2, 0.25) is 0 Å². The van der Waals surface area contributed by atoms with Crippen molar-refractivity contribution < 1.29 is 13.5 Å². The van der Waals surface area contributed by atoms with Crippen LogP contribution in [0.25, 0.3) is 0 Å². The number of hydrogen-bond donors (Lipinski definition) is 2. The molecule has 0 unspecified atom stereocenters. The lowest BCUT2D eigenvalue weighted by Gasteiger charge is -2.09. The number of nitrogens with zero attached hydrogens (tertiary/aromatic N) is 1. The molecule has 0 fully saturated rings. The van der Waals surface area contributed by atoms with Gasteiger partial charge in [-0.1, -0.05) is 11.6 Å². The third-order valence-corrected chi connectivity index (χ3v) is 2.48. The lowest BCUT2D eigenvalue weighted by molar-refractivity contribution is -0.0497. The second-order valence-electron chi connectivity index (χ2n) is 3.46. The fraction of sp³-hybridized carbons (Fsp3) is 0.182. The Labute approximate surface area is 107 Å². The molecule has 96 valence electrons. The molecule has 1 aromatic heterocycles. The van der Waals surface area contributed by atoms with Crippen LogP contribution >= 0.6 is 11.6 Å². The molecule has 0 saturated carbocycles. The van der Waals surface area contributed by atoms with E-state index in [1.54, 1.807) is 12.3 Å². The molecule has 0 saturated heterocycles. The Bertz CT molecular complexity index is 505. The van der Waals surface area contributed by atoms with Crippen LogP contribution in [-0.2, 0) is 6.54 Å². The van der Waals surface area contributed by atoms with Crippen molar-refractivity contribution in [2.45, 2.75) is 13.2 Å². The molecular weight excluding hydrogens is 264 g/mol. The Morgan fingerprint density at radius 2 is 2.22 bits per heavy atom. The highest BCUT2D eigenvalue weighted by molar-refractivity contribution is 6.32. The van der Waals surface area contributed by atoms with Crippen LogP contribution in [0.5, 0.6) is 5.75 Å². The molecule has 2 aromatic rings. The van der Waals surface area contributed by atoms with Crippen LogP contribution in [-0.4, -0.2) is 16.8 Å². The Kier molecular flexibility index (Phi) is 3.99. The third kappa shape index (κ3) is 3.33. The van der Waals surface area contributed by atoms with E-state index in [1.807, 2.05) is 6.07 Å². The molecule has 0 aliphatic rings. The molecule has 0 aliphatic carbocycles. The van der Waals surface area contributed by atoms with Gasteiger partial charge < -0.3 is 10.1 Å². The largest absolute Gasteiger partial charge is 0.433 e. The standard InChI is InChI=1S/C11H10ClF2N3O/c12-9-5-7(1-2-10(9)18-11(13)14)15-6-8-3-4-16-17-8/h1-5,11,15H,6H2,(H,16,17). The van der Waals surface area contributed by atoms with Crippen LogP contribution in [0.4, 0.5) is 14.5 Å². The van der Waals surface area contributed by atoms with Gasteiger partial charge in [-0.15, -0.1) is 0 Å². The second-order valence-corrected chi connectivity index (χ2v) is 3.87. The average molecular weight is 274 g/mol. The Hall–Kier alpha value is -1.82. The molecule has 0 atom stereocenters. The molecule has 1 aromatic carbocycles. The van der Waals surface area contributed by atoms with E-state index in [9.17, 15) is 8.78 Å². The summed E-state index contributed by atoms with van der Waals surface area (Å²) in [6.45, 7) is -2.35. The third-order valence-electron chi connectivity index (χ3n) is 2.19. The maximum absolute atomic E-state index is 12.0. The summed E-state index contributed by atoms with van der Waals surface area (Å²) in [5, 5.41) is 9.79. The quantitative estimate of drug-likeness (QED) is 0.879. The summed E-state index contributed by atoms with van der Waals surface area (Å²) in [6.07, 6.45) is 1.64. The molecule has 0 aliphatic heterocycles. The minimum atomic E-state index is -2.88. The molecule has 0 radical (unpaired) electrons. The molecule has 1 heterocycles. The van der Waals surface area contributed by atoms with Crippen molar-refractivity contribution in [3.8, 4) is 5.75 Å². The Morgan fingerprint density at radius 3 is 2.83 bits per heavy atom. The fourth-order valence-electron chi connectivity index (χ4n) is 1.38. The first kappa shape index (κ1) is 12.6. The van der Waals surface area contributed by atoms with E-state index < -0.39 is 6.61 Å². The van der Waals surface area contributed by atoms with Gasteiger partial charge in [-0.3, -0.25) is 5.10 Å². The highest BCUT2D eigenvalue weighted by Crippen LogP contribution is 2.29. The summed E-state index contributed by atoms with van der Waals surface area (Å²) >= 11 is 5.82. The number of aromatic amines is 1. The van der Waals surface area contributed by atoms with Crippen molar-refractivity contribution in [3.05, 3.63) is 41.2 Å². The summed E-state index contributed by atoms with van der Waals surface area (Å²) in [5.41, 5.74) is 1.61. The van der Waals surface area contributed by atoms with E-state index in [2.05, 4.69) is 20.3 Å². The summed E-state index contributed by atoms with van der Waals surface area (Å²) < 4.78 is 28.3. The number of alkyl halides is 2. The van der Waals surface area contributed by atoms with Crippen molar-refractivity contribution >= 4 is 17.3 Å². The van der Waals surface area contributed by atoms with E-state index in [0.717, 1.165) is 5.69 Å². The first-order chi connectivity index (χ1) is 8.65. The predicted octanol–water partition coefficient (Wildman–Crippen LogP) is 3.28. The highest BCUT2D eigenvalue weighted by atomic mass is 35.5. The van der Waals surface area contributed by atoms with Crippen LogP contribution in [0.1, 0.15) is 5.69 Å². The molecule has 0 amide bonds. The number of nitrogens with one attached hydrogen (secondary N) is 2. The summed E-state index contributed by atoms with van der Waals surface area (Å²) in [5.74, 6) is -0.0428. The van der Waals surface area contributed by atoms with Crippen LogP contribution in [0.2, 0.25) is 5.02 Å². The number of halogens is 3. The number of ether oxygens (including phenoxy) is 1. The second kappa shape index (κ2) is 5.68. The molecule has 2 N–H and O–H groups in total. The van der Waals surface area contributed by atoms with Gasteiger partial charge in [0.1, 0.15) is 5.75 Å². The first-order valence-electron chi connectivity index (χ1n) is 5.11. The van der Waals surface area contributed by atoms with Crippen molar-refractivity contribution in [2.75, 3.05) is 5.32 Å². The van der Waals surface area contributed by atoms with Crippen molar-refractivity contribution in [3.63, 3.8) is 0 Å². The number of hydrogen-bond acceptors (Lipinski definition) is 3. The average Bonchev–Trinajstić information content (AvgIpc) is 2.82. The van der Waals surface area contributed by atoms with Gasteiger partial charge in [-0.2, -0.15) is 13.9 Å². The zero-order valence-electron chi connectivity index (χ0n) is 9.16. The van der Waals surface area contributed by atoms with Crippen LogP contribution in [0, 0.1) is 0 Å². The topological polar surface area (TPSA) is 49.9 Å². The molecule has 2 rings (SSSR count). The SMILES string of the molecule is FC(F)Oc1ccc(NCc2ccn[nH]2)cc1Cl. The molecular formula is C11H10ClF2N3O. The van der Waals surface area contributed by atoms with Crippen molar-refractivity contribution in [2.24, 2.45) is 0 Å². The van der Waals surface area contributed by atoms with Gasteiger partial charge in [-0.05, 0) is 24.3 Å². The predicted molar refractivity (Wildman–Crippen MR) is 64.0 cm³/mol. The maximum Gasteiger partial charge on any atom is 0.387 e. The Balaban J connectivity index is 2.00. The number of rotatable bonds is 5. The Morgan fingerprint density at radius 1 is 1.39 bits per heavy atom. The normalized spacial score (nSPS) is 10.7. The fourth-order valence-corrected chi connectivity index (χ4v) is 1.61. The zero-order valence-corrected chi connectivity index (χ0v) is 9.92. The van der Waals surface area contributed by atoms with E-state index in [-0.39, 0.29) is 10.8 Å². The number of aromatic nitrogens is 2. The maximum atomic E-state index is 12.0. The van der Waals surface area contributed by atoms with Gasteiger partial charge in [-0.25, -0.2) is 0 Å². The zero-order chi connectivity index (χ0) is 13.0. The van der Waals surface area contributed by atoms with Crippen LogP contribution in [0.3, 0.4) is 0 Å². The van der Waals surface area contributed by atoms with E-state index in [4.69, 9.17) is 11.6 Å². The van der Waals surface area contributed by atoms with Crippen LogP contribution in [0.15, 0.2) is 30.5 Å². The highest BCUT2D eigenvalue weighted by Gasteiger charge is 2.08. The molecule has 4 nitrogen and oxygen atoms in total. The lowest BCUT2D eigenvalue weighted by atomic mass is 10.3. The van der Waals surface area contributed by atoms with Crippen LogP contribution < -0.4 is 10.1 Å². The minimum absolute atomic E-state index is 0.0428. The number of benzene rings is 1. The minimum Gasteiger partial charge on any atom is -0.433 e.